The molecule has 2 aromatic rings. The summed E-state index contributed by atoms with van der Waals surface area (Å²) >= 11 is 0. The standard InChI is InChI=1S/C20H23N3O4/c1-2-27-20(26)17-6-7-18(21-13-17)23-10-8-22(9-11-23)14-15-4-3-5-16(12-15)19(24)25/h3-7,12-13H,2,8-11,14H2,1H3,(H,24,25). The van der Waals surface area contributed by atoms with Crippen LogP contribution in [0.3, 0.4) is 0 Å². The van der Waals surface area contributed by atoms with Gasteiger partial charge >= 0.3 is 11.9 Å². The van der Waals surface area contributed by atoms with E-state index in [1.807, 2.05) is 12.1 Å². The number of nitrogens with zero attached hydrogens (tertiary/aromatic N) is 3. The minimum absolute atomic E-state index is 0.317. The average Bonchev–Trinajstić information content (AvgIpc) is 2.69. The van der Waals surface area contributed by atoms with E-state index in [-0.39, 0.29) is 5.97 Å². The molecular formula is C20H23N3O4. The summed E-state index contributed by atoms with van der Waals surface area (Å²) in [5.74, 6) is -0.417. The Kier molecular flexibility index (Phi) is 6.03. The molecule has 1 aliphatic heterocycles. The Morgan fingerprint density at radius 3 is 2.52 bits per heavy atom. The van der Waals surface area contributed by atoms with Gasteiger partial charge in [-0.1, -0.05) is 12.1 Å². The fourth-order valence-corrected chi connectivity index (χ4v) is 3.10. The summed E-state index contributed by atoms with van der Waals surface area (Å²) < 4.78 is 4.97. The van der Waals surface area contributed by atoms with Crippen molar-refractivity contribution < 1.29 is 19.4 Å². The van der Waals surface area contributed by atoms with Crippen LogP contribution in [0.25, 0.3) is 0 Å². The molecule has 3 rings (SSSR count). The van der Waals surface area contributed by atoms with Gasteiger partial charge in [-0.15, -0.1) is 0 Å². The molecule has 7 nitrogen and oxygen atoms in total. The number of piperazine rings is 1. The zero-order chi connectivity index (χ0) is 19.2. The Bertz CT molecular complexity index is 799. The molecule has 1 fully saturated rings. The van der Waals surface area contributed by atoms with E-state index in [4.69, 9.17) is 9.84 Å². The summed E-state index contributed by atoms with van der Waals surface area (Å²) in [5, 5.41) is 9.10. The average molecular weight is 369 g/mol. The van der Waals surface area contributed by atoms with Crippen molar-refractivity contribution in [1.29, 1.82) is 0 Å². The van der Waals surface area contributed by atoms with E-state index < -0.39 is 5.97 Å². The van der Waals surface area contributed by atoms with Crippen molar-refractivity contribution in [1.82, 2.24) is 9.88 Å². The van der Waals surface area contributed by atoms with Gasteiger partial charge in [0.1, 0.15) is 5.82 Å². The number of esters is 1. The molecule has 0 saturated carbocycles. The van der Waals surface area contributed by atoms with Gasteiger partial charge in [0.25, 0.3) is 0 Å². The molecule has 0 radical (unpaired) electrons. The number of anilines is 1. The Balaban J connectivity index is 1.55. The van der Waals surface area contributed by atoms with Crippen LogP contribution in [-0.2, 0) is 11.3 Å². The number of hydrogen-bond donors (Lipinski definition) is 1. The zero-order valence-corrected chi connectivity index (χ0v) is 15.3. The SMILES string of the molecule is CCOC(=O)c1ccc(N2CCN(Cc3cccc(C(=O)O)c3)CC2)nc1. The zero-order valence-electron chi connectivity index (χ0n) is 15.3. The fourth-order valence-electron chi connectivity index (χ4n) is 3.10. The lowest BCUT2D eigenvalue weighted by Crippen LogP contribution is -2.46. The molecule has 0 aliphatic carbocycles. The molecule has 1 N–H and O–H groups in total. The van der Waals surface area contributed by atoms with E-state index in [1.54, 1.807) is 37.4 Å². The summed E-state index contributed by atoms with van der Waals surface area (Å²) in [6, 6.07) is 10.7. The molecule has 0 spiro atoms. The van der Waals surface area contributed by atoms with E-state index in [9.17, 15) is 9.59 Å². The Morgan fingerprint density at radius 2 is 1.89 bits per heavy atom. The number of ether oxygens (including phenoxy) is 1. The largest absolute Gasteiger partial charge is 0.478 e. The lowest BCUT2D eigenvalue weighted by Gasteiger charge is -2.35. The van der Waals surface area contributed by atoms with Gasteiger partial charge in [-0.3, -0.25) is 4.90 Å². The molecule has 1 aliphatic rings. The maximum Gasteiger partial charge on any atom is 0.339 e. The molecule has 0 amide bonds. The molecule has 2 heterocycles. The highest BCUT2D eigenvalue weighted by molar-refractivity contribution is 5.89. The van der Waals surface area contributed by atoms with Crippen LogP contribution in [0.5, 0.6) is 0 Å². The van der Waals surface area contributed by atoms with Gasteiger partial charge in [-0.25, -0.2) is 14.6 Å². The maximum absolute atomic E-state index is 11.7. The summed E-state index contributed by atoms with van der Waals surface area (Å²) in [5.41, 5.74) is 1.77. The van der Waals surface area contributed by atoms with Crippen molar-refractivity contribution >= 4 is 17.8 Å². The number of hydrogen-bond acceptors (Lipinski definition) is 6. The molecule has 1 aromatic heterocycles. The Labute approximate surface area is 158 Å². The van der Waals surface area contributed by atoms with Crippen molar-refractivity contribution in [3.63, 3.8) is 0 Å². The Hall–Kier alpha value is -2.93. The van der Waals surface area contributed by atoms with Crippen molar-refractivity contribution in [2.45, 2.75) is 13.5 Å². The smallest absolute Gasteiger partial charge is 0.339 e. The van der Waals surface area contributed by atoms with Gasteiger partial charge in [-0.2, -0.15) is 0 Å². The van der Waals surface area contributed by atoms with Crippen LogP contribution >= 0.6 is 0 Å². The van der Waals surface area contributed by atoms with Gasteiger partial charge in [0.2, 0.25) is 0 Å². The van der Waals surface area contributed by atoms with Crippen LogP contribution in [0.15, 0.2) is 42.6 Å². The fraction of sp³-hybridized carbons (Fsp3) is 0.350. The summed E-state index contributed by atoms with van der Waals surface area (Å²) in [6.45, 7) is 6.21. The second-order valence-corrected chi connectivity index (χ2v) is 6.39. The lowest BCUT2D eigenvalue weighted by atomic mass is 10.1. The van der Waals surface area contributed by atoms with Crippen LogP contribution in [0, 0.1) is 0 Å². The molecular weight excluding hydrogens is 346 g/mol. The first-order valence-electron chi connectivity index (χ1n) is 8.99. The third-order valence-electron chi connectivity index (χ3n) is 4.54. The quantitative estimate of drug-likeness (QED) is 0.782. The van der Waals surface area contributed by atoms with Crippen LogP contribution in [0.1, 0.15) is 33.2 Å². The minimum atomic E-state index is -0.904. The Morgan fingerprint density at radius 1 is 1.11 bits per heavy atom. The number of carbonyl (C=O) groups is 2. The molecule has 0 atom stereocenters. The number of carboxylic acids is 1. The molecule has 0 unspecified atom stereocenters. The summed E-state index contributed by atoms with van der Waals surface area (Å²) in [6.07, 6.45) is 1.55. The number of pyridine rings is 1. The lowest BCUT2D eigenvalue weighted by molar-refractivity contribution is 0.0525. The van der Waals surface area contributed by atoms with Crippen LogP contribution in [0.2, 0.25) is 0 Å². The summed E-state index contributed by atoms with van der Waals surface area (Å²) in [7, 11) is 0. The van der Waals surface area contributed by atoms with Gasteiger partial charge in [-0.05, 0) is 36.8 Å². The highest BCUT2D eigenvalue weighted by Gasteiger charge is 2.19. The first kappa shape index (κ1) is 18.8. The third-order valence-corrected chi connectivity index (χ3v) is 4.54. The predicted octanol–water partition coefficient (Wildman–Crippen LogP) is 2.28. The highest BCUT2D eigenvalue weighted by Crippen LogP contribution is 2.16. The van der Waals surface area contributed by atoms with Crippen LogP contribution in [0.4, 0.5) is 5.82 Å². The van der Waals surface area contributed by atoms with Crippen LogP contribution in [-0.4, -0.2) is 59.7 Å². The molecule has 0 bridgehead atoms. The number of aromatic nitrogens is 1. The first-order chi connectivity index (χ1) is 13.1. The second kappa shape index (κ2) is 8.64. The molecule has 7 heteroatoms. The molecule has 1 aromatic carbocycles. The van der Waals surface area contributed by atoms with Crippen molar-refractivity contribution in [3.8, 4) is 0 Å². The maximum atomic E-state index is 11.7. The monoisotopic (exact) mass is 369 g/mol. The number of rotatable bonds is 6. The topological polar surface area (TPSA) is 83.0 Å². The molecule has 1 saturated heterocycles. The van der Waals surface area contributed by atoms with Crippen molar-refractivity contribution in [3.05, 3.63) is 59.3 Å². The number of aromatic carboxylic acids is 1. The van der Waals surface area contributed by atoms with Crippen LogP contribution < -0.4 is 4.90 Å². The normalized spacial score (nSPS) is 14.8. The minimum Gasteiger partial charge on any atom is -0.478 e. The molecule has 142 valence electrons. The van der Waals surface area contributed by atoms with Crippen molar-refractivity contribution in [2.24, 2.45) is 0 Å². The predicted molar refractivity (Wildman–Crippen MR) is 101 cm³/mol. The second-order valence-electron chi connectivity index (χ2n) is 6.39. The number of benzene rings is 1. The van der Waals surface area contributed by atoms with Gasteiger partial charge in [0, 0.05) is 38.9 Å². The molecule has 27 heavy (non-hydrogen) atoms. The highest BCUT2D eigenvalue weighted by atomic mass is 16.5. The van der Waals surface area contributed by atoms with E-state index in [0.717, 1.165) is 44.1 Å². The van der Waals surface area contributed by atoms with Gasteiger partial charge in [0.05, 0.1) is 17.7 Å². The number of carbonyl (C=O) groups excluding carboxylic acids is 1. The first-order valence-corrected chi connectivity index (χ1v) is 8.99. The van der Waals surface area contributed by atoms with E-state index in [0.29, 0.717) is 17.7 Å². The third kappa shape index (κ3) is 4.83. The van der Waals surface area contributed by atoms with E-state index >= 15 is 0 Å². The van der Waals surface area contributed by atoms with E-state index in [2.05, 4.69) is 14.8 Å². The van der Waals surface area contributed by atoms with E-state index in [1.165, 1.54) is 0 Å². The van der Waals surface area contributed by atoms with Crippen molar-refractivity contribution in [2.75, 3.05) is 37.7 Å². The van der Waals surface area contributed by atoms with Gasteiger partial charge in [0.15, 0.2) is 0 Å². The summed E-state index contributed by atoms with van der Waals surface area (Å²) in [4.78, 5) is 31.6. The number of carboxylic acid groups (broad SMARTS) is 1. The van der Waals surface area contributed by atoms with Gasteiger partial charge < -0.3 is 14.7 Å².